The number of hydrogen-bond donors (Lipinski definition) is 2. The van der Waals surface area contributed by atoms with Crippen molar-refractivity contribution in [2.24, 2.45) is 0 Å². The van der Waals surface area contributed by atoms with Crippen molar-refractivity contribution in [1.29, 1.82) is 0 Å². The molecule has 0 aliphatic carbocycles. The van der Waals surface area contributed by atoms with E-state index in [9.17, 15) is 9.90 Å². The highest BCUT2D eigenvalue weighted by Gasteiger charge is 2.09. The van der Waals surface area contributed by atoms with Gasteiger partial charge in [-0.25, -0.2) is 0 Å². The van der Waals surface area contributed by atoms with Crippen LogP contribution in [-0.2, 0) is 11.3 Å². The lowest BCUT2D eigenvalue weighted by Crippen LogP contribution is -2.29. The topological polar surface area (TPSA) is 60.8 Å². The van der Waals surface area contributed by atoms with E-state index in [2.05, 4.69) is 0 Å². The molecule has 1 aromatic carbocycles. The van der Waals surface area contributed by atoms with Gasteiger partial charge in [-0.05, 0) is 12.6 Å². The maximum absolute atomic E-state index is 10.5. The van der Waals surface area contributed by atoms with Gasteiger partial charge in [-0.2, -0.15) is 0 Å². The normalized spacial score (nSPS) is 9.65. The van der Waals surface area contributed by atoms with Crippen LogP contribution in [0.2, 0.25) is 0 Å². The summed E-state index contributed by atoms with van der Waals surface area (Å²) in [5.41, 5.74) is 0.751. The number of aliphatic carboxylic acids is 1. The molecule has 0 saturated heterocycles. The van der Waals surface area contributed by atoms with E-state index in [0.29, 0.717) is 13.1 Å². The van der Waals surface area contributed by atoms with Crippen LogP contribution in [0.15, 0.2) is 24.3 Å². The average Bonchev–Trinajstić information content (AvgIpc) is 2.33. The van der Waals surface area contributed by atoms with E-state index in [4.69, 9.17) is 5.11 Å². The number of likely N-dealkylation sites (N-methyl/N-ethyl adjacent to an activating group) is 1. The van der Waals surface area contributed by atoms with Crippen LogP contribution in [0.4, 0.5) is 0 Å². The Kier molecular flexibility index (Phi) is 7.80. The van der Waals surface area contributed by atoms with Crippen molar-refractivity contribution in [2.75, 3.05) is 13.1 Å². The Morgan fingerprint density at radius 2 is 1.88 bits per heavy atom. The lowest BCUT2D eigenvalue weighted by atomic mass is 10.2. The van der Waals surface area contributed by atoms with E-state index in [1.54, 1.807) is 23.1 Å². The number of rotatable bonds is 5. The van der Waals surface area contributed by atoms with Crippen molar-refractivity contribution >= 4 is 5.97 Å². The van der Waals surface area contributed by atoms with E-state index < -0.39 is 5.97 Å². The first-order valence-corrected chi connectivity index (χ1v) is 5.84. The van der Waals surface area contributed by atoms with Crippen LogP contribution in [0.5, 0.6) is 5.75 Å². The summed E-state index contributed by atoms with van der Waals surface area (Å²) < 4.78 is 0. The number of nitrogens with zero attached hydrogens (tertiary/aromatic N) is 1. The number of carbonyl (C=O) groups is 1. The Balaban J connectivity index is 0.00000121. The molecule has 0 bridgehead atoms. The summed E-state index contributed by atoms with van der Waals surface area (Å²) in [5.74, 6) is -0.645. The molecule has 0 aliphatic rings. The van der Waals surface area contributed by atoms with Crippen LogP contribution in [0.25, 0.3) is 0 Å². The van der Waals surface area contributed by atoms with Crippen molar-refractivity contribution in [3.05, 3.63) is 29.8 Å². The first kappa shape index (κ1) is 15.4. The predicted molar refractivity (Wildman–Crippen MR) is 68.0 cm³/mol. The quantitative estimate of drug-likeness (QED) is 0.828. The van der Waals surface area contributed by atoms with Gasteiger partial charge in [-0.3, -0.25) is 9.69 Å². The molecule has 4 heteroatoms. The third kappa shape index (κ3) is 5.92. The maximum atomic E-state index is 10.5. The number of carboxylic acid groups (broad SMARTS) is 1. The van der Waals surface area contributed by atoms with Gasteiger partial charge in [0, 0.05) is 12.1 Å². The van der Waals surface area contributed by atoms with Crippen molar-refractivity contribution in [2.45, 2.75) is 27.3 Å². The predicted octanol–water partition coefficient (Wildman–Crippen LogP) is 2.32. The summed E-state index contributed by atoms with van der Waals surface area (Å²) in [4.78, 5) is 12.3. The fraction of sp³-hybridized carbons (Fsp3) is 0.462. The fourth-order valence-corrected chi connectivity index (χ4v) is 1.36. The van der Waals surface area contributed by atoms with Gasteiger partial charge in [0.25, 0.3) is 0 Å². The van der Waals surface area contributed by atoms with Gasteiger partial charge in [-0.15, -0.1) is 0 Å². The van der Waals surface area contributed by atoms with Crippen LogP contribution < -0.4 is 0 Å². The van der Waals surface area contributed by atoms with Crippen molar-refractivity contribution in [3.8, 4) is 5.75 Å². The van der Waals surface area contributed by atoms with Crippen LogP contribution in [0.1, 0.15) is 26.3 Å². The van der Waals surface area contributed by atoms with Gasteiger partial charge in [0.05, 0.1) is 6.54 Å². The number of carboxylic acids is 1. The molecular weight excluding hydrogens is 218 g/mol. The molecule has 0 heterocycles. The van der Waals surface area contributed by atoms with E-state index in [1.807, 2.05) is 26.8 Å². The molecular formula is C13H21NO3. The number of phenols is 1. The fourth-order valence-electron chi connectivity index (χ4n) is 1.36. The Labute approximate surface area is 103 Å². The van der Waals surface area contributed by atoms with Crippen LogP contribution in [0.3, 0.4) is 0 Å². The van der Waals surface area contributed by atoms with Gasteiger partial charge in [0.15, 0.2) is 0 Å². The molecule has 0 radical (unpaired) electrons. The van der Waals surface area contributed by atoms with Gasteiger partial charge in [0.2, 0.25) is 0 Å². The smallest absolute Gasteiger partial charge is 0.317 e. The third-order valence-electron chi connectivity index (χ3n) is 2.19. The van der Waals surface area contributed by atoms with Crippen molar-refractivity contribution in [3.63, 3.8) is 0 Å². The van der Waals surface area contributed by atoms with Crippen molar-refractivity contribution in [1.82, 2.24) is 4.90 Å². The zero-order valence-electron chi connectivity index (χ0n) is 10.7. The van der Waals surface area contributed by atoms with E-state index >= 15 is 0 Å². The van der Waals surface area contributed by atoms with Crippen LogP contribution >= 0.6 is 0 Å². The van der Waals surface area contributed by atoms with Gasteiger partial charge in [-0.1, -0.05) is 39.0 Å². The maximum Gasteiger partial charge on any atom is 0.317 e. The molecule has 1 rings (SSSR count). The molecule has 4 nitrogen and oxygen atoms in total. The molecule has 0 fully saturated rings. The zero-order valence-corrected chi connectivity index (χ0v) is 10.7. The highest BCUT2D eigenvalue weighted by Crippen LogP contribution is 2.17. The van der Waals surface area contributed by atoms with Crippen LogP contribution in [-0.4, -0.2) is 34.2 Å². The molecule has 0 aliphatic heterocycles. The second-order valence-corrected chi connectivity index (χ2v) is 3.33. The second kappa shape index (κ2) is 8.58. The van der Waals surface area contributed by atoms with Gasteiger partial charge in [0.1, 0.15) is 5.75 Å². The first-order chi connectivity index (χ1) is 8.13. The van der Waals surface area contributed by atoms with Gasteiger partial charge < -0.3 is 10.2 Å². The summed E-state index contributed by atoms with van der Waals surface area (Å²) in [6, 6.07) is 6.96. The average molecular weight is 239 g/mol. The summed E-state index contributed by atoms with van der Waals surface area (Å²) in [6.07, 6.45) is 0. The first-order valence-electron chi connectivity index (χ1n) is 5.84. The SMILES string of the molecule is CC.CCN(CC(=O)O)Cc1ccccc1O. The minimum atomic E-state index is -0.854. The standard InChI is InChI=1S/C11H15NO3.C2H6/c1-2-12(8-11(14)15)7-9-5-3-4-6-10(9)13;1-2/h3-6,13H,2,7-8H2,1H3,(H,14,15);1-2H3. The second-order valence-electron chi connectivity index (χ2n) is 3.33. The Morgan fingerprint density at radius 1 is 1.29 bits per heavy atom. The van der Waals surface area contributed by atoms with Crippen LogP contribution in [0, 0.1) is 0 Å². The number of para-hydroxylation sites is 1. The highest BCUT2D eigenvalue weighted by molar-refractivity contribution is 5.69. The molecule has 0 saturated carbocycles. The molecule has 0 aromatic heterocycles. The highest BCUT2D eigenvalue weighted by atomic mass is 16.4. The molecule has 96 valence electrons. The lowest BCUT2D eigenvalue weighted by molar-refractivity contribution is -0.138. The Hall–Kier alpha value is -1.55. The molecule has 0 unspecified atom stereocenters. The molecule has 0 amide bonds. The Morgan fingerprint density at radius 3 is 2.35 bits per heavy atom. The molecule has 2 N–H and O–H groups in total. The molecule has 0 spiro atoms. The number of phenolic OH excluding ortho intramolecular Hbond substituents is 1. The van der Waals surface area contributed by atoms with E-state index in [-0.39, 0.29) is 12.3 Å². The summed E-state index contributed by atoms with van der Waals surface area (Å²) in [6.45, 7) is 6.98. The number of hydrogen-bond acceptors (Lipinski definition) is 3. The number of benzene rings is 1. The Bertz CT molecular complexity index is 339. The zero-order chi connectivity index (χ0) is 13.3. The summed E-state index contributed by atoms with van der Waals surface area (Å²) >= 11 is 0. The van der Waals surface area contributed by atoms with E-state index in [1.165, 1.54) is 0 Å². The van der Waals surface area contributed by atoms with Crippen molar-refractivity contribution < 1.29 is 15.0 Å². The summed E-state index contributed by atoms with van der Waals surface area (Å²) in [7, 11) is 0. The molecule has 17 heavy (non-hydrogen) atoms. The van der Waals surface area contributed by atoms with Gasteiger partial charge >= 0.3 is 5.97 Å². The minimum Gasteiger partial charge on any atom is -0.508 e. The monoisotopic (exact) mass is 239 g/mol. The molecule has 0 atom stereocenters. The minimum absolute atomic E-state index is 0.00909. The van der Waals surface area contributed by atoms with E-state index in [0.717, 1.165) is 5.56 Å². The lowest BCUT2D eigenvalue weighted by Gasteiger charge is -2.18. The summed E-state index contributed by atoms with van der Waals surface area (Å²) in [5, 5.41) is 18.2. The molecule has 1 aromatic rings. The third-order valence-corrected chi connectivity index (χ3v) is 2.19. The largest absolute Gasteiger partial charge is 0.508 e. The number of aromatic hydroxyl groups is 1.